The van der Waals surface area contributed by atoms with Gasteiger partial charge in [-0.1, -0.05) is 11.6 Å². The highest BCUT2D eigenvalue weighted by atomic mass is 35.5. The van der Waals surface area contributed by atoms with E-state index in [2.05, 4.69) is 11.8 Å². The molecule has 2 heterocycles. The summed E-state index contributed by atoms with van der Waals surface area (Å²) in [6, 6.07) is 2.30. The van der Waals surface area contributed by atoms with Crippen LogP contribution in [-0.4, -0.2) is 37.2 Å². The van der Waals surface area contributed by atoms with E-state index in [-0.39, 0.29) is 12.1 Å². The fraction of sp³-hybridized carbons (Fsp3) is 0.667. The highest BCUT2D eigenvalue weighted by molar-refractivity contribution is 7.10. The molecule has 0 amide bonds. The van der Waals surface area contributed by atoms with E-state index >= 15 is 0 Å². The van der Waals surface area contributed by atoms with Crippen molar-refractivity contribution in [3.63, 3.8) is 0 Å². The molecule has 0 aliphatic carbocycles. The van der Waals surface area contributed by atoms with Gasteiger partial charge in [-0.25, -0.2) is 0 Å². The third kappa shape index (κ3) is 3.42. The maximum Gasteiger partial charge on any atom is 0.0674 e. The highest BCUT2D eigenvalue weighted by Crippen LogP contribution is 2.29. The molecule has 1 saturated heterocycles. The molecule has 96 valence electrons. The van der Waals surface area contributed by atoms with Gasteiger partial charge in [-0.15, -0.1) is 11.3 Å². The average molecular weight is 275 g/mol. The minimum atomic E-state index is 0.275. The van der Waals surface area contributed by atoms with Crippen LogP contribution in [0.3, 0.4) is 0 Å². The van der Waals surface area contributed by atoms with E-state index in [1.807, 2.05) is 11.4 Å². The van der Waals surface area contributed by atoms with Gasteiger partial charge < -0.3 is 10.5 Å². The van der Waals surface area contributed by atoms with Gasteiger partial charge in [0.15, 0.2) is 0 Å². The van der Waals surface area contributed by atoms with Gasteiger partial charge in [0, 0.05) is 36.5 Å². The zero-order chi connectivity index (χ0) is 12.3. The summed E-state index contributed by atoms with van der Waals surface area (Å²) in [6.45, 7) is 5.58. The first-order valence-electron chi connectivity index (χ1n) is 6.00. The number of nitrogens with zero attached hydrogens (tertiary/aromatic N) is 1. The van der Waals surface area contributed by atoms with Crippen molar-refractivity contribution in [3.8, 4) is 0 Å². The molecule has 0 saturated carbocycles. The van der Waals surface area contributed by atoms with Crippen LogP contribution >= 0.6 is 22.9 Å². The lowest BCUT2D eigenvalue weighted by Gasteiger charge is -2.29. The summed E-state index contributed by atoms with van der Waals surface area (Å²) in [5.74, 6) is 0. The predicted octanol–water partition coefficient (Wildman–Crippen LogP) is 2.51. The van der Waals surface area contributed by atoms with Crippen LogP contribution in [-0.2, 0) is 4.74 Å². The SMILES string of the molecule is CC1CN(C(CN)c2cc(Cl)cs2)CCCO1. The highest BCUT2D eigenvalue weighted by Gasteiger charge is 2.24. The standard InChI is InChI=1S/C12H19ClN2OS/c1-9-7-15(3-2-4-16-9)11(6-14)12-5-10(13)8-17-12/h5,8-9,11H,2-4,6-7,14H2,1H3. The Morgan fingerprint density at radius 2 is 2.53 bits per heavy atom. The van der Waals surface area contributed by atoms with Crippen LogP contribution in [0.15, 0.2) is 11.4 Å². The van der Waals surface area contributed by atoms with Crippen molar-refractivity contribution in [1.29, 1.82) is 0 Å². The largest absolute Gasteiger partial charge is 0.377 e. The van der Waals surface area contributed by atoms with Gasteiger partial charge in [-0.3, -0.25) is 4.90 Å². The predicted molar refractivity (Wildman–Crippen MR) is 72.7 cm³/mol. The molecule has 3 nitrogen and oxygen atoms in total. The number of ether oxygens (including phenoxy) is 1. The Kier molecular flexibility index (Phi) is 4.82. The Morgan fingerprint density at radius 1 is 1.71 bits per heavy atom. The van der Waals surface area contributed by atoms with Gasteiger partial charge in [0.25, 0.3) is 0 Å². The van der Waals surface area contributed by atoms with Crippen molar-refractivity contribution in [3.05, 3.63) is 21.3 Å². The van der Waals surface area contributed by atoms with E-state index in [0.717, 1.165) is 31.1 Å². The molecule has 1 fully saturated rings. The molecule has 2 atom stereocenters. The van der Waals surface area contributed by atoms with E-state index < -0.39 is 0 Å². The topological polar surface area (TPSA) is 38.5 Å². The summed E-state index contributed by atoms with van der Waals surface area (Å²) in [5, 5.41) is 2.78. The molecular formula is C12H19ClN2OS. The summed E-state index contributed by atoms with van der Waals surface area (Å²) in [6.07, 6.45) is 1.35. The second-order valence-corrected chi connectivity index (χ2v) is 5.83. The quantitative estimate of drug-likeness (QED) is 0.920. The van der Waals surface area contributed by atoms with E-state index in [1.165, 1.54) is 4.88 Å². The van der Waals surface area contributed by atoms with Crippen molar-refractivity contribution in [2.45, 2.75) is 25.5 Å². The summed E-state index contributed by atoms with van der Waals surface area (Å²) < 4.78 is 5.66. The fourth-order valence-corrected chi connectivity index (χ4v) is 3.49. The van der Waals surface area contributed by atoms with Crippen LogP contribution in [0.4, 0.5) is 0 Å². The molecule has 0 radical (unpaired) electrons. The van der Waals surface area contributed by atoms with Gasteiger partial charge in [-0.05, 0) is 19.4 Å². The number of thiophene rings is 1. The minimum Gasteiger partial charge on any atom is -0.377 e. The molecule has 2 N–H and O–H groups in total. The first-order chi connectivity index (χ1) is 8.20. The van der Waals surface area contributed by atoms with Crippen LogP contribution in [0, 0.1) is 0 Å². The summed E-state index contributed by atoms with van der Waals surface area (Å²) in [7, 11) is 0. The maximum atomic E-state index is 5.99. The minimum absolute atomic E-state index is 0.275. The van der Waals surface area contributed by atoms with Crippen LogP contribution < -0.4 is 5.73 Å². The number of hydrogen-bond donors (Lipinski definition) is 1. The molecule has 0 aromatic carbocycles. The molecule has 1 aliphatic heterocycles. The van der Waals surface area contributed by atoms with Crippen molar-refractivity contribution in [1.82, 2.24) is 4.90 Å². The third-order valence-corrected chi connectivity index (χ3v) is 4.45. The second kappa shape index (κ2) is 6.16. The molecular weight excluding hydrogens is 256 g/mol. The normalized spacial score (nSPS) is 24.5. The van der Waals surface area contributed by atoms with Gasteiger partial charge in [0.1, 0.15) is 0 Å². The number of rotatable bonds is 3. The smallest absolute Gasteiger partial charge is 0.0674 e. The maximum absolute atomic E-state index is 5.99. The van der Waals surface area contributed by atoms with E-state index in [4.69, 9.17) is 22.1 Å². The van der Waals surface area contributed by atoms with Crippen molar-refractivity contribution in [2.75, 3.05) is 26.2 Å². The zero-order valence-corrected chi connectivity index (χ0v) is 11.6. The summed E-state index contributed by atoms with van der Waals surface area (Å²) >= 11 is 7.68. The molecule has 0 bridgehead atoms. The number of halogens is 1. The Balaban J connectivity index is 2.11. The molecule has 2 rings (SSSR count). The van der Waals surface area contributed by atoms with E-state index in [1.54, 1.807) is 11.3 Å². The van der Waals surface area contributed by atoms with Gasteiger partial charge in [0.05, 0.1) is 17.2 Å². The van der Waals surface area contributed by atoms with Gasteiger partial charge in [0.2, 0.25) is 0 Å². The fourth-order valence-electron chi connectivity index (χ4n) is 2.26. The Hall–Kier alpha value is -0.130. The van der Waals surface area contributed by atoms with Crippen LogP contribution in [0.25, 0.3) is 0 Å². The summed E-state index contributed by atoms with van der Waals surface area (Å²) in [4.78, 5) is 3.67. The van der Waals surface area contributed by atoms with Crippen molar-refractivity contribution < 1.29 is 4.74 Å². The van der Waals surface area contributed by atoms with Crippen LogP contribution in [0.1, 0.15) is 24.3 Å². The molecule has 1 aromatic rings. The summed E-state index contributed by atoms with van der Waals surface area (Å²) in [5.41, 5.74) is 5.92. The van der Waals surface area contributed by atoms with E-state index in [0.29, 0.717) is 6.54 Å². The average Bonchev–Trinajstić information content (AvgIpc) is 2.59. The van der Waals surface area contributed by atoms with Gasteiger partial charge in [-0.2, -0.15) is 0 Å². The molecule has 5 heteroatoms. The lowest BCUT2D eigenvalue weighted by molar-refractivity contribution is 0.0614. The Labute approximate surface area is 112 Å². The lowest BCUT2D eigenvalue weighted by Crippen LogP contribution is -2.37. The van der Waals surface area contributed by atoms with Crippen molar-refractivity contribution >= 4 is 22.9 Å². The van der Waals surface area contributed by atoms with Crippen molar-refractivity contribution in [2.24, 2.45) is 5.73 Å². The Morgan fingerprint density at radius 3 is 3.18 bits per heavy atom. The van der Waals surface area contributed by atoms with E-state index in [9.17, 15) is 0 Å². The first-order valence-corrected chi connectivity index (χ1v) is 7.26. The monoisotopic (exact) mass is 274 g/mol. The molecule has 0 spiro atoms. The molecule has 1 aliphatic rings. The first kappa shape index (κ1) is 13.3. The second-order valence-electron chi connectivity index (χ2n) is 4.45. The third-order valence-electron chi connectivity index (χ3n) is 3.06. The molecule has 17 heavy (non-hydrogen) atoms. The number of hydrogen-bond acceptors (Lipinski definition) is 4. The van der Waals surface area contributed by atoms with Gasteiger partial charge >= 0.3 is 0 Å². The molecule has 1 aromatic heterocycles. The van der Waals surface area contributed by atoms with Crippen LogP contribution in [0.5, 0.6) is 0 Å². The molecule has 2 unspecified atom stereocenters. The lowest BCUT2D eigenvalue weighted by atomic mass is 10.2. The zero-order valence-electron chi connectivity index (χ0n) is 10.1. The number of nitrogens with two attached hydrogens (primary N) is 1. The Bertz CT molecular complexity index is 358. The van der Waals surface area contributed by atoms with Crippen LogP contribution in [0.2, 0.25) is 5.02 Å².